The van der Waals surface area contributed by atoms with Gasteiger partial charge in [-0.2, -0.15) is 0 Å². The van der Waals surface area contributed by atoms with Crippen LogP contribution in [0.5, 0.6) is 0 Å². The molecule has 82 valence electrons. The fourth-order valence-corrected chi connectivity index (χ4v) is 2.69. The Hall–Kier alpha value is -1.03. The molecule has 1 N–H and O–H groups in total. The van der Waals surface area contributed by atoms with E-state index in [1.165, 1.54) is 37.1 Å². The Morgan fingerprint density at radius 1 is 1.47 bits per heavy atom. The lowest BCUT2D eigenvalue weighted by Gasteiger charge is -2.31. The van der Waals surface area contributed by atoms with Crippen LogP contribution >= 0.6 is 0 Å². The van der Waals surface area contributed by atoms with Crippen LogP contribution in [-0.4, -0.2) is 30.2 Å². The van der Waals surface area contributed by atoms with E-state index in [9.17, 15) is 0 Å². The Kier molecular flexibility index (Phi) is 2.16. The number of hydrogen-bond donors (Lipinski definition) is 1. The first-order valence-electron chi connectivity index (χ1n) is 5.79. The van der Waals surface area contributed by atoms with Gasteiger partial charge >= 0.3 is 0 Å². The van der Waals surface area contributed by atoms with Gasteiger partial charge in [-0.1, -0.05) is 11.6 Å². The zero-order valence-corrected chi connectivity index (χ0v) is 9.12. The molecule has 1 aromatic rings. The SMILES string of the molecule is CN1CCCCC1c1noc2c1CCN2. The number of hydrogen-bond acceptors (Lipinski definition) is 4. The summed E-state index contributed by atoms with van der Waals surface area (Å²) in [7, 11) is 2.19. The van der Waals surface area contributed by atoms with Crippen molar-refractivity contribution in [2.45, 2.75) is 31.7 Å². The monoisotopic (exact) mass is 207 g/mol. The van der Waals surface area contributed by atoms with E-state index in [1.54, 1.807) is 0 Å². The van der Waals surface area contributed by atoms with Crippen LogP contribution in [0.3, 0.4) is 0 Å². The van der Waals surface area contributed by atoms with Crippen molar-refractivity contribution in [3.05, 3.63) is 11.3 Å². The number of rotatable bonds is 1. The Bertz CT molecular complexity index is 361. The second-order valence-corrected chi connectivity index (χ2v) is 4.54. The zero-order chi connectivity index (χ0) is 10.3. The molecule has 0 spiro atoms. The molecule has 1 atom stereocenters. The molecule has 0 aromatic carbocycles. The van der Waals surface area contributed by atoms with E-state index in [0.717, 1.165) is 18.8 Å². The van der Waals surface area contributed by atoms with Crippen molar-refractivity contribution in [2.75, 3.05) is 25.5 Å². The van der Waals surface area contributed by atoms with Crippen molar-refractivity contribution in [3.63, 3.8) is 0 Å². The highest BCUT2D eigenvalue weighted by Gasteiger charge is 2.30. The second kappa shape index (κ2) is 3.52. The Morgan fingerprint density at radius 3 is 3.27 bits per heavy atom. The first-order valence-corrected chi connectivity index (χ1v) is 5.79. The molecule has 2 aliphatic rings. The third kappa shape index (κ3) is 1.44. The summed E-state index contributed by atoms with van der Waals surface area (Å²) >= 11 is 0. The second-order valence-electron chi connectivity index (χ2n) is 4.54. The fraction of sp³-hybridized carbons (Fsp3) is 0.727. The molecule has 1 unspecified atom stereocenters. The molecule has 1 saturated heterocycles. The summed E-state index contributed by atoms with van der Waals surface area (Å²) in [5.74, 6) is 0.906. The summed E-state index contributed by atoms with van der Waals surface area (Å²) in [6.45, 7) is 2.18. The third-order valence-electron chi connectivity index (χ3n) is 3.57. The molecule has 4 nitrogen and oxygen atoms in total. The molecule has 0 amide bonds. The lowest BCUT2D eigenvalue weighted by atomic mass is 9.97. The molecule has 4 heteroatoms. The van der Waals surface area contributed by atoms with Crippen molar-refractivity contribution in [1.29, 1.82) is 0 Å². The maximum Gasteiger partial charge on any atom is 0.228 e. The molecule has 0 saturated carbocycles. The molecule has 1 aromatic heterocycles. The maximum atomic E-state index is 5.32. The van der Waals surface area contributed by atoms with E-state index < -0.39 is 0 Å². The summed E-state index contributed by atoms with van der Waals surface area (Å²) < 4.78 is 5.32. The van der Waals surface area contributed by atoms with Crippen LogP contribution in [0.15, 0.2) is 4.52 Å². The van der Waals surface area contributed by atoms with Gasteiger partial charge in [0.15, 0.2) is 0 Å². The van der Waals surface area contributed by atoms with Crippen molar-refractivity contribution in [2.24, 2.45) is 0 Å². The Balaban J connectivity index is 1.91. The summed E-state index contributed by atoms with van der Waals surface area (Å²) in [5, 5.41) is 7.46. The molecule has 2 aliphatic heterocycles. The minimum atomic E-state index is 0.478. The summed E-state index contributed by atoms with van der Waals surface area (Å²) in [6, 6.07) is 0.478. The normalized spacial score (nSPS) is 26.3. The van der Waals surface area contributed by atoms with Crippen molar-refractivity contribution in [1.82, 2.24) is 10.1 Å². The summed E-state index contributed by atoms with van der Waals surface area (Å²) in [5.41, 5.74) is 2.49. The number of fused-ring (bicyclic) bond motifs is 1. The van der Waals surface area contributed by atoms with E-state index >= 15 is 0 Å². The molecular weight excluding hydrogens is 190 g/mol. The quantitative estimate of drug-likeness (QED) is 0.762. The largest absolute Gasteiger partial charge is 0.353 e. The van der Waals surface area contributed by atoms with Gasteiger partial charge in [0.1, 0.15) is 5.69 Å². The molecule has 15 heavy (non-hydrogen) atoms. The molecule has 1 fully saturated rings. The standard InChI is InChI=1S/C11H17N3O/c1-14-7-3-2-4-9(14)10-8-5-6-12-11(8)15-13-10/h9,12H,2-7H2,1H3. The lowest BCUT2D eigenvalue weighted by molar-refractivity contribution is 0.178. The van der Waals surface area contributed by atoms with E-state index in [0.29, 0.717) is 6.04 Å². The highest BCUT2D eigenvalue weighted by Crippen LogP contribution is 2.35. The highest BCUT2D eigenvalue weighted by atomic mass is 16.5. The third-order valence-corrected chi connectivity index (χ3v) is 3.57. The highest BCUT2D eigenvalue weighted by molar-refractivity contribution is 5.49. The minimum absolute atomic E-state index is 0.478. The van der Waals surface area contributed by atoms with Crippen molar-refractivity contribution in [3.8, 4) is 0 Å². The van der Waals surface area contributed by atoms with Crippen molar-refractivity contribution >= 4 is 5.88 Å². The van der Waals surface area contributed by atoms with E-state index in [1.807, 2.05) is 0 Å². The van der Waals surface area contributed by atoms with Gasteiger partial charge in [-0.3, -0.25) is 4.90 Å². The summed E-state index contributed by atoms with van der Waals surface area (Å²) in [6.07, 6.45) is 4.91. The molecular formula is C11H17N3O. The first kappa shape index (κ1) is 9.21. The van der Waals surface area contributed by atoms with Gasteiger partial charge in [0, 0.05) is 12.1 Å². The van der Waals surface area contributed by atoms with Gasteiger partial charge in [-0.05, 0) is 32.9 Å². The van der Waals surface area contributed by atoms with Crippen LogP contribution in [0.4, 0.5) is 5.88 Å². The molecule has 0 bridgehead atoms. The minimum Gasteiger partial charge on any atom is -0.353 e. The number of nitrogens with zero attached hydrogens (tertiary/aromatic N) is 2. The fourth-order valence-electron chi connectivity index (χ4n) is 2.69. The average Bonchev–Trinajstić information content (AvgIpc) is 2.80. The number of nitrogens with one attached hydrogen (secondary N) is 1. The first-order chi connectivity index (χ1) is 7.36. The number of likely N-dealkylation sites (tertiary alicyclic amines) is 1. The van der Waals surface area contributed by atoms with Crippen molar-refractivity contribution < 1.29 is 4.52 Å². The van der Waals surface area contributed by atoms with Crippen LogP contribution in [-0.2, 0) is 6.42 Å². The van der Waals surface area contributed by atoms with Crippen LogP contribution in [0.2, 0.25) is 0 Å². The van der Waals surface area contributed by atoms with Gasteiger partial charge in [-0.25, -0.2) is 0 Å². The van der Waals surface area contributed by atoms with E-state index in [4.69, 9.17) is 4.52 Å². The number of aromatic nitrogens is 1. The predicted octanol–water partition coefficient (Wildman–Crippen LogP) is 1.80. The zero-order valence-electron chi connectivity index (χ0n) is 9.12. The predicted molar refractivity (Wildman–Crippen MR) is 57.9 cm³/mol. The van der Waals surface area contributed by atoms with Gasteiger partial charge in [0.2, 0.25) is 5.88 Å². The van der Waals surface area contributed by atoms with Crippen LogP contribution in [0.1, 0.15) is 36.6 Å². The average molecular weight is 207 g/mol. The molecule has 3 heterocycles. The van der Waals surface area contributed by atoms with E-state index in [-0.39, 0.29) is 0 Å². The molecule has 0 radical (unpaired) electrons. The molecule has 3 rings (SSSR count). The Labute approximate surface area is 89.6 Å². The van der Waals surface area contributed by atoms with E-state index in [2.05, 4.69) is 22.4 Å². The van der Waals surface area contributed by atoms with Gasteiger partial charge in [-0.15, -0.1) is 0 Å². The van der Waals surface area contributed by atoms with Crippen LogP contribution < -0.4 is 5.32 Å². The van der Waals surface area contributed by atoms with Gasteiger partial charge in [0.25, 0.3) is 0 Å². The number of piperidine rings is 1. The Morgan fingerprint density at radius 2 is 2.40 bits per heavy atom. The maximum absolute atomic E-state index is 5.32. The summed E-state index contributed by atoms with van der Waals surface area (Å²) in [4.78, 5) is 2.40. The molecule has 0 aliphatic carbocycles. The number of anilines is 1. The van der Waals surface area contributed by atoms with Crippen LogP contribution in [0.25, 0.3) is 0 Å². The van der Waals surface area contributed by atoms with Gasteiger partial charge < -0.3 is 9.84 Å². The topological polar surface area (TPSA) is 41.3 Å². The smallest absolute Gasteiger partial charge is 0.228 e. The van der Waals surface area contributed by atoms with Crippen LogP contribution in [0, 0.1) is 0 Å². The van der Waals surface area contributed by atoms with Gasteiger partial charge in [0.05, 0.1) is 6.04 Å². The lowest BCUT2D eigenvalue weighted by Crippen LogP contribution is -2.30.